The summed E-state index contributed by atoms with van der Waals surface area (Å²) in [5.74, 6) is -0.391. The molecule has 3 aromatic rings. The van der Waals surface area contributed by atoms with Crippen molar-refractivity contribution in [2.75, 3.05) is 17.2 Å². The number of anilines is 2. The minimum atomic E-state index is -0.327. The van der Waals surface area contributed by atoms with Crippen LogP contribution in [-0.4, -0.2) is 29.4 Å². The van der Waals surface area contributed by atoms with E-state index in [9.17, 15) is 14.4 Å². The van der Waals surface area contributed by atoms with Gasteiger partial charge >= 0.3 is 6.03 Å². The zero-order chi connectivity index (χ0) is 20.6. The van der Waals surface area contributed by atoms with Crippen molar-refractivity contribution in [3.8, 4) is 0 Å². The Morgan fingerprint density at radius 3 is 2.55 bits per heavy atom. The normalized spacial score (nSPS) is 10.4. The van der Waals surface area contributed by atoms with Gasteiger partial charge in [0.2, 0.25) is 11.8 Å². The van der Waals surface area contributed by atoms with E-state index in [0.717, 1.165) is 15.8 Å². The number of benzene rings is 2. The SMILES string of the molecule is CC(=O)Nc1ccc2nc(NC(=O)CCNC(=O)NCc3ccccc3)sc2c1. The van der Waals surface area contributed by atoms with Gasteiger partial charge in [-0.3, -0.25) is 9.59 Å². The van der Waals surface area contributed by atoms with Crippen molar-refractivity contribution in [3.05, 3.63) is 54.1 Å². The molecule has 1 heterocycles. The van der Waals surface area contributed by atoms with Crippen molar-refractivity contribution < 1.29 is 14.4 Å². The van der Waals surface area contributed by atoms with Crippen LogP contribution >= 0.6 is 11.3 Å². The zero-order valence-electron chi connectivity index (χ0n) is 15.8. The molecule has 0 aliphatic carbocycles. The van der Waals surface area contributed by atoms with Crippen molar-refractivity contribution in [1.29, 1.82) is 0 Å². The van der Waals surface area contributed by atoms with Crippen molar-refractivity contribution in [2.24, 2.45) is 0 Å². The van der Waals surface area contributed by atoms with Gasteiger partial charge < -0.3 is 21.3 Å². The van der Waals surface area contributed by atoms with Gasteiger partial charge in [-0.25, -0.2) is 9.78 Å². The van der Waals surface area contributed by atoms with Gasteiger partial charge in [-0.1, -0.05) is 41.7 Å². The van der Waals surface area contributed by atoms with E-state index in [-0.39, 0.29) is 30.8 Å². The van der Waals surface area contributed by atoms with Gasteiger partial charge in [-0.2, -0.15) is 0 Å². The predicted molar refractivity (Wildman–Crippen MR) is 114 cm³/mol. The number of nitrogens with one attached hydrogen (secondary N) is 4. The summed E-state index contributed by atoms with van der Waals surface area (Å²) in [6.07, 6.45) is 0.131. The molecule has 0 saturated heterocycles. The Balaban J connectivity index is 1.43. The first-order valence-electron chi connectivity index (χ1n) is 9.03. The highest BCUT2D eigenvalue weighted by Crippen LogP contribution is 2.28. The van der Waals surface area contributed by atoms with Gasteiger partial charge in [0, 0.05) is 32.1 Å². The Kier molecular flexibility index (Phi) is 6.75. The number of hydrogen-bond donors (Lipinski definition) is 4. The summed E-state index contributed by atoms with van der Waals surface area (Å²) in [4.78, 5) is 39.4. The van der Waals surface area contributed by atoms with Crippen LogP contribution in [0, 0.1) is 0 Å². The Morgan fingerprint density at radius 1 is 1.00 bits per heavy atom. The molecule has 3 rings (SSSR count). The van der Waals surface area contributed by atoms with E-state index >= 15 is 0 Å². The van der Waals surface area contributed by atoms with Gasteiger partial charge in [0.25, 0.3) is 0 Å². The second-order valence-electron chi connectivity index (χ2n) is 6.28. The molecule has 2 aromatic carbocycles. The lowest BCUT2D eigenvalue weighted by Crippen LogP contribution is -2.36. The molecule has 4 N–H and O–H groups in total. The summed E-state index contributed by atoms with van der Waals surface area (Å²) in [6.45, 7) is 2.08. The third-order valence-electron chi connectivity index (χ3n) is 3.89. The van der Waals surface area contributed by atoms with Gasteiger partial charge in [-0.05, 0) is 23.8 Å². The largest absolute Gasteiger partial charge is 0.338 e. The van der Waals surface area contributed by atoms with E-state index in [1.165, 1.54) is 18.3 Å². The lowest BCUT2D eigenvalue weighted by atomic mass is 10.2. The number of urea groups is 1. The quantitative estimate of drug-likeness (QED) is 0.479. The minimum absolute atomic E-state index is 0.131. The molecule has 0 unspecified atom stereocenters. The van der Waals surface area contributed by atoms with E-state index in [0.29, 0.717) is 17.4 Å². The van der Waals surface area contributed by atoms with Crippen LogP contribution in [0.15, 0.2) is 48.5 Å². The van der Waals surface area contributed by atoms with Crippen LogP contribution < -0.4 is 21.3 Å². The smallest absolute Gasteiger partial charge is 0.315 e. The number of nitrogens with zero attached hydrogens (tertiary/aromatic N) is 1. The molecule has 0 aliphatic rings. The maximum Gasteiger partial charge on any atom is 0.315 e. The van der Waals surface area contributed by atoms with Crippen LogP contribution in [0.5, 0.6) is 0 Å². The van der Waals surface area contributed by atoms with Crippen LogP contribution in [0.4, 0.5) is 15.6 Å². The highest BCUT2D eigenvalue weighted by Gasteiger charge is 2.09. The number of rotatable bonds is 7. The Morgan fingerprint density at radius 2 is 1.79 bits per heavy atom. The average molecular weight is 411 g/mol. The summed E-state index contributed by atoms with van der Waals surface area (Å²) in [7, 11) is 0. The van der Waals surface area contributed by atoms with Crippen molar-refractivity contribution >= 4 is 50.2 Å². The fourth-order valence-electron chi connectivity index (χ4n) is 2.57. The predicted octanol–water partition coefficient (Wildman–Crippen LogP) is 3.08. The Labute approximate surface area is 171 Å². The Hall–Kier alpha value is -3.46. The molecule has 0 aliphatic heterocycles. The third kappa shape index (κ3) is 6.28. The molecule has 29 heavy (non-hydrogen) atoms. The van der Waals surface area contributed by atoms with Crippen LogP contribution in [0.1, 0.15) is 18.9 Å². The number of carbonyl (C=O) groups excluding carboxylic acids is 3. The number of thiazole rings is 1. The fourth-order valence-corrected chi connectivity index (χ4v) is 3.49. The zero-order valence-corrected chi connectivity index (χ0v) is 16.6. The number of fused-ring (bicyclic) bond motifs is 1. The van der Waals surface area contributed by atoms with Crippen LogP contribution in [0.25, 0.3) is 10.2 Å². The average Bonchev–Trinajstić information content (AvgIpc) is 3.08. The molecular formula is C20H21N5O3S. The molecule has 9 heteroatoms. The van der Waals surface area contributed by atoms with E-state index in [2.05, 4.69) is 26.3 Å². The second-order valence-corrected chi connectivity index (χ2v) is 7.31. The highest BCUT2D eigenvalue weighted by molar-refractivity contribution is 7.22. The van der Waals surface area contributed by atoms with Gasteiger partial charge in [0.05, 0.1) is 10.2 Å². The lowest BCUT2D eigenvalue weighted by molar-refractivity contribution is -0.116. The lowest BCUT2D eigenvalue weighted by Gasteiger charge is -2.07. The number of aromatic nitrogens is 1. The summed E-state index contributed by atoms with van der Waals surface area (Å²) in [6, 6.07) is 14.6. The van der Waals surface area contributed by atoms with Crippen LogP contribution in [0.2, 0.25) is 0 Å². The third-order valence-corrected chi connectivity index (χ3v) is 4.82. The number of amides is 4. The first kappa shape index (κ1) is 20.3. The molecule has 0 radical (unpaired) electrons. The van der Waals surface area contributed by atoms with Crippen LogP contribution in [0.3, 0.4) is 0 Å². The molecule has 1 aromatic heterocycles. The van der Waals surface area contributed by atoms with Crippen molar-refractivity contribution in [2.45, 2.75) is 19.9 Å². The Bertz CT molecular complexity index is 1020. The molecule has 0 saturated carbocycles. The van der Waals surface area contributed by atoms with Crippen molar-refractivity contribution in [3.63, 3.8) is 0 Å². The molecule has 0 atom stereocenters. The molecule has 150 valence electrons. The first-order valence-corrected chi connectivity index (χ1v) is 9.85. The standard InChI is InChI=1S/C20H21N5O3S/c1-13(26)23-15-7-8-16-17(11-15)29-20(24-16)25-18(27)9-10-21-19(28)22-12-14-5-3-2-4-6-14/h2-8,11H,9-10,12H2,1H3,(H,23,26)(H2,21,22,28)(H,24,25,27). The molecule has 8 nitrogen and oxygen atoms in total. The maximum absolute atomic E-state index is 12.1. The van der Waals surface area contributed by atoms with E-state index in [4.69, 9.17) is 0 Å². The van der Waals surface area contributed by atoms with Crippen molar-refractivity contribution in [1.82, 2.24) is 15.6 Å². The van der Waals surface area contributed by atoms with E-state index < -0.39 is 0 Å². The minimum Gasteiger partial charge on any atom is -0.338 e. The molecule has 0 bridgehead atoms. The topological polar surface area (TPSA) is 112 Å². The second kappa shape index (κ2) is 9.65. The molecule has 0 spiro atoms. The first-order chi connectivity index (χ1) is 14.0. The van der Waals surface area contributed by atoms with Gasteiger partial charge in [0.1, 0.15) is 0 Å². The molecular weight excluding hydrogens is 390 g/mol. The summed E-state index contributed by atoms with van der Waals surface area (Å²) < 4.78 is 0.852. The monoisotopic (exact) mass is 411 g/mol. The molecule has 0 fully saturated rings. The van der Waals surface area contributed by atoms with Gasteiger partial charge in [0.15, 0.2) is 5.13 Å². The van der Waals surface area contributed by atoms with E-state index in [1.807, 2.05) is 36.4 Å². The summed E-state index contributed by atoms with van der Waals surface area (Å²) in [5.41, 5.74) is 2.41. The number of carbonyl (C=O) groups is 3. The van der Waals surface area contributed by atoms with E-state index in [1.54, 1.807) is 12.1 Å². The summed E-state index contributed by atoms with van der Waals surface area (Å²) in [5, 5.41) is 11.3. The highest BCUT2D eigenvalue weighted by atomic mass is 32.1. The fraction of sp³-hybridized carbons (Fsp3) is 0.200. The maximum atomic E-state index is 12.1. The van der Waals surface area contributed by atoms with Crippen LogP contribution in [-0.2, 0) is 16.1 Å². The molecule has 4 amide bonds. The van der Waals surface area contributed by atoms with Gasteiger partial charge in [-0.15, -0.1) is 0 Å². The summed E-state index contributed by atoms with van der Waals surface area (Å²) >= 11 is 1.32. The number of hydrogen-bond acceptors (Lipinski definition) is 5.